The van der Waals surface area contributed by atoms with E-state index in [2.05, 4.69) is 13.8 Å². The number of hydrogen-bond donors (Lipinski definition) is 1. The summed E-state index contributed by atoms with van der Waals surface area (Å²) in [4.78, 5) is 11.0. The van der Waals surface area contributed by atoms with E-state index < -0.39 is 5.97 Å². The molecule has 0 aliphatic carbocycles. The Morgan fingerprint density at radius 3 is 2.65 bits per heavy atom. The van der Waals surface area contributed by atoms with Crippen molar-refractivity contribution in [1.29, 1.82) is 0 Å². The number of hydrogen-bond acceptors (Lipinski definition) is 2. The summed E-state index contributed by atoms with van der Waals surface area (Å²) in [6, 6.07) is 5.34. The third kappa shape index (κ3) is 4.10. The van der Waals surface area contributed by atoms with E-state index in [-0.39, 0.29) is 5.56 Å². The molecule has 17 heavy (non-hydrogen) atoms. The Hall–Kier alpha value is -1.51. The van der Waals surface area contributed by atoms with Crippen LogP contribution < -0.4 is 4.74 Å². The molecule has 0 aliphatic heterocycles. The van der Waals surface area contributed by atoms with Gasteiger partial charge in [-0.25, -0.2) is 4.79 Å². The fourth-order valence-electron chi connectivity index (χ4n) is 1.63. The van der Waals surface area contributed by atoms with Gasteiger partial charge in [-0.15, -0.1) is 0 Å². The first-order valence-electron chi connectivity index (χ1n) is 6.18. The molecule has 1 aromatic carbocycles. The summed E-state index contributed by atoms with van der Waals surface area (Å²) >= 11 is 0. The summed E-state index contributed by atoms with van der Waals surface area (Å²) in [6.45, 7) is 4.75. The molecule has 0 aromatic heterocycles. The van der Waals surface area contributed by atoms with Gasteiger partial charge >= 0.3 is 5.97 Å². The normalized spacial score (nSPS) is 10.2. The first-order valence-corrected chi connectivity index (χ1v) is 6.18. The summed E-state index contributed by atoms with van der Waals surface area (Å²) in [5, 5.41) is 9.06. The van der Waals surface area contributed by atoms with Crippen molar-refractivity contribution < 1.29 is 14.6 Å². The van der Waals surface area contributed by atoms with Crippen LogP contribution in [0.1, 0.15) is 49.0 Å². The van der Waals surface area contributed by atoms with E-state index in [4.69, 9.17) is 9.84 Å². The van der Waals surface area contributed by atoms with E-state index in [1.165, 1.54) is 0 Å². The average Bonchev–Trinajstić information content (AvgIpc) is 2.30. The van der Waals surface area contributed by atoms with Crippen molar-refractivity contribution in [3.63, 3.8) is 0 Å². The topological polar surface area (TPSA) is 46.5 Å². The lowest BCUT2D eigenvalue weighted by Crippen LogP contribution is -2.05. The molecule has 0 aliphatic rings. The second-order valence-corrected chi connectivity index (χ2v) is 4.09. The highest BCUT2D eigenvalue weighted by molar-refractivity contribution is 5.90. The number of benzene rings is 1. The lowest BCUT2D eigenvalue weighted by atomic mass is 10.1. The molecule has 1 aromatic rings. The van der Waals surface area contributed by atoms with Crippen LogP contribution in [0, 0.1) is 0 Å². The second kappa shape index (κ2) is 6.94. The van der Waals surface area contributed by atoms with Crippen LogP contribution in [-0.4, -0.2) is 17.7 Å². The van der Waals surface area contributed by atoms with Crippen molar-refractivity contribution in [3.8, 4) is 5.75 Å². The molecule has 0 heterocycles. The number of rotatable bonds is 7. The van der Waals surface area contributed by atoms with Crippen molar-refractivity contribution >= 4 is 5.97 Å². The zero-order valence-corrected chi connectivity index (χ0v) is 10.5. The zero-order valence-electron chi connectivity index (χ0n) is 10.5. The number of carboxylic acids is 1. The van der Waals surface area contributed by atoms with Crippen LogP contribution in [-0.2, 0) is 6.42 Å². The zero-order chi connectivity index (χ0) is 12.7. The van der Waals surface area contributed by atoms with Crippen LogP contribution in [0.4, 0.5) is 0 Å². The largest absolute Gasteiger partial charge is 0.493 e. The minimum Gasteiger partial charge on any atom is -0.493 e. The highest BCUT2D eigenvalue weighted by Gasteiger charge is 2.11. The van der Waals surface area contributed by atoms with Crippen molar-refractivity contribution in [2.75, 3.05) is 6.61 Å². The van der Waals surface area contributed by atoms with Gasteiger partial charge in [0.15, 0.2) is 0 Å². The van der Waals surface area contributed by atoms with Gasteiger partial charge in [0.2, 0.25) is 0 Å². The Bertz CT molecular complexity index is 372. The number of carboxylic acid groups (broad SMARTS) is 1. The molecular weight excluding hydrogens is 216 g/mol. The van der Waals surface area contributed by atoms with Gasteiger partial charge in [0.1, 0.15) is 11.3 Å². The molecule has 0 atom stereocenters. The molecule has 0 unspecified atom stereocenters. The number of unbranched alkanes of at least 4 members (excludes halogenated alkanes) is 1. The van der Waals surface area contributed by atoms with Crippen LogP contribution in [0.5, 0.6) is 5.75 Å². The summed E-state index contributed by atoms with van der Waals surface area (Å²) < 4.78 is 5.55. The van der Waals surface area contributed by atoms with Gasteiger partial charge in [-0.1, -0.05) is 32.8 Å². The lowest BCUT2D eigenvalue weighted by molar-refractivity contribution is 0.0692. The molecule has 0 spiro atoms. The monoisotopic (exact) mass is 236 g/mol. The molecule has 1 rings (SSSR count). The van der Waals surface area contributed by atoms with Gasteiger partial charge in [0, 0.05) is 0 Å². The highest BCUT2D eigenvalue weighted by atomic mass is 16.5. The quantitative estimate of drug-likeness (QED) is 0.737. The highest BCUT2D eigenvalue weighted by Crippen LogP contribution is 2.22. The predicted molar refractivity (Wildman–Crippen MR) is 67.8 cm³/mol. The Balaban J connectivity index is 2.86. The van der Waals surface area contributed by atoms with Crippen LogP contribution in [0.15, 0.2) is 18.2 Å². The Morgan fingerprint density at radius 1 is 1.29 bits per heavy atom. The molecule has 1 N–H and O–H groups in total. The molecule has 0 saturated heterocycles. The molecule has 0 bridgehead atoms. The van der Waals surface area contributed by atoms with E-state index in [1.807, 2.05) is 12.1 Å². The molecule has 0 radical (unpaired) electrons. The van der Waals surface area contributed by atoms with Gasteiger partial charge in [-0.2, -0.15) is 0 Å². The molecule has 3 nitrogen and oxygen atoms in total. The molecule has 0 saturated carbocycles. The van der Waals surface area contributed by atoms with E-state index >= 15 is 0 Å². The Kier molecular flexibility index (Phi) is 5.53. The number of carbonyl (C=O) groups is 1. The molecule has 0 amide bonds. The van der Waals surface area contributed by atoms with Crippen molar-refractivity contribution in [2.24, 2.45) is 0 Å². The van der Waals surface area contributed by atoms with Crippen molar-refractivity contribution in [3.05, 3.63) is 29.3 Å². The van der Waals surface area contributed by atoms with Gasteiger partial charge < -0.3 is 9.84 Å². The van der Waals surface area contributed by atoms with Crippen LogP contribution in [0.2, 0.25) is 0 Å². The fourth-order valence-corrected chi connectivity index (χ4v) is 1.63. The van der Waals surface area contributed by atoms with Gasteiger partial charge in [0.25, 0.3) is 0 Å². The first kappa shape index (κ1) is 13.6. The predicted octanol–water partition coefficient (Wildman–Crippen LogP) is 3.52. The Labute approximate surface area is 102 Å². The average molecular weight is 236 g/mol. The van der Waals surface area contributed by atoms with Crippen molar-refractivity contribution in [2.45, 2.75) is 39.5 Å². The SMILES string of the molecule is CCCCOc1cc(CCC)ccc1C(=O)O. The molecular formula is C14H20O3. The summed E-state index contributed by atoms with van der Waals surface area (Å²) in [5.74, 6) is -0.434. The van der Waals surface area contributed by atoms with Crippen LogP contribution in [0.25, 0.3) is 0 Å². The maximum atomic E-state index is 11.0. The third-order valence-electron chi connectivity index (χ3n) is 2.57. The van der Waals surface area contributed by atoms with Gasteiger partial charge in [-0.3, -0.25) is 0 Å². The molecule has 3 heteroatoms. The van der Waals surface area contributed by atoms with Crippen molar-refractivity contribution in [1.82, 2.24) is 0 Å². The minimum atomic E-state index is -0.931. The standard InChI is InChI=1S/C14H20O3/c1-3-5-9-17-13-10-11(6-4-2)7-8-12(13)14(15)16/h7-8,10H,3-6,9H2,1-2H3,(H,15,16). The first-order chi connectivity index (χ1) is 8.19. The maximum Gasteiger partial charge on any atom is 0.339 e. The minimum absolute atomic E-state index is 0.251. The smallest absolute Gasteiger partial charge is 0.339 e. The number of aryl methyl sites for hydroxylation is 1. The molecule has 94 valence electrons. The van der Waals surface area contributed by atoms with E-state index in [9.17, 15) is 4.79 Å². The summed E-state index contributed by atoms with van der Waals surface area (Å²) in [5.41, 5.74) is 1.38. The summed E-state index contributed by atoms with van der Waals surface area (Å²) in [7, 11) is 0. The lowest BCUT2D eigenvalue weighted by Gasteiger charge is -2.10. The number of ether oxygens (including phenoxy) is 1. The van der Waals surface area contributed by atoms with E-state index in [1.54, 1.807) is 6.07 Å². The van der Waals surface area contributed by atoms with Crippen LogP contribution in [0.3, 0.4) is 0 Å². The van der Waals surface area contributed by atoms with E-state index in [0.717, 1.165) is 31.2 Å². The van der Waals surface area contributed by atoms with Gasteiger partial charge in [0.05, 0.1) is 6.61 Å². The maximum absolute atomic E-state index is 11.0. The third-order valence-corrected chi connectivity index (χ3v) is 2.57. The van der Waals surface area contributed by atoms with E-state index in [0.29, 0.717) is 12.4 Å². The Morgan fingerprint density at radius 2 is 2.06 bits per heavy atom. The van der Waals surface area contributed by atoms with Gasteiger partial charge in [-0.05, 0) is 30.5 Å². The number of aromatic carboxylic acids is 1. The fraction of sp³-hybridized carbons (Fsp3) is 0.500. The molecule has 0 fully saturated rings. The second-order valence-electron chi connectivity index (χ2n) is 4.09. The summed E-state index contributed by atoms with van der Waals surface area (Å²) in [6.07, 6.45) is 3.97. The van der Waals surface area contributed by atoms with Crippen LogP contribution >= 0.6 is 0 Å².